The van der Waals surface area contributed by atoms with E-state index in [1.807, 2.05) is 18.4 Å². The molecule has 0 atom stereocenters. The van der Waals surface area contributed by atoms with Crippen LogP contribution in [0.25, 0.3) is 16.0 Å². The van der Waals surface area contributed by atoms with Gasteiger partial charge < -0.3 is 5.11 Å². The number of carboxylic acid groups (broad SMARTS) is 1. The molecule has 0 unspecified atom stereocenters. The summed E-state index contributed by atoms with van der Waals surface area (Å²) >= 11 is 1.17. The Kier molecular flexibility index (Phi) is 2.79. The molecule has 0 aliphatic carbocycles. The summed E-state index contributed by atoms with van der Waals surface area (Å²) < 4.78 is 1.87. The van der Waals surface area contributed by atoms with Crippen molar-refractivity contribution in [1.29, 1.82) is 0 Å². The van der Waals surface area contributed by atoms with E-state index in [9.17, 15) is 9.90 Å². The van der Waals surface area contributed by atoms with Crippen LogP contribution >= 0.6 is 11.3 Å². The van der Waals surface area contributed by atoms with Crippen molar-refractivity contribution in [2.75, 3.05) is 0 Å². The van der Waals surface area contributed by atoms with Gasteiger partial charge in [0.2, 0.25) is 0 Å². The van der Waals surface area contributed by atoms with Crippen molar-refractivity contribution in [3.63, 3.8) is 0 Å². The third-order valence-electron chi connectivity index (χ3n) is 3.38. The molecule has 0 saturated carbocycles. The van der Waals surface area contributed by atoms with E-state index in [0.717, 1.165) is 16.8 Å². The number of thiophene rings is 1. The van der Waals surface area contributed by atoms with Gasteiger partial charge in [-0.2, -0.15) is 0 Å². The second-order valence-electron chi connectivity index (χ2n) is 4.52. The number of carboxylic acids is 1. The highest BCUT2D eigenvalue weighted by molar-refractivity contribution is 7.20. The number of rotatable bonds is 2. The van der Waals surface area contributed by atoms with Gasteiger partial charge in [-0.25, -0.2) is 19.7 Å². The van der Waals surface area contributed by atoms with Gasteiger partial charge in [0, 0.05) is 5.69 Å². The smallest absolute Gasteiger partial charge is 0.346 e. The van der Waals surface area contributed by atoms with Crippen molar-refractivity contribution in [1.82, 2.24) is 19.5 Å². The molecule has 0 amide bonds. The predicted molar refractivity (Wildman–Crippen MR) is 75.7 cm³/mol. The molecule has 3 heterocycles. The number of hydrogen-bond donors (Lipinski definition) is 1. The molecule has 0 bridgehead atoms. The van der Waals surface area contributed by atoms with Crippen LogP contribution < -0.4 is 0 Å². The maximum atomic E-state index is 11.3. The van der Waals surface area contributed by atoms with E-state index in [1.54, 1.807) is 13.3 Å². The predicted octanol–water partition coefficient (Wildman–Crippen LogP) is 2.50. The van der Waals surface area contributed by atoms with Crippen molar-refractivity contribution >= 4 is 27.5 Å². The molecule has 7 heteroatoms. The molecular weight excluding hydrogens is 276 g/mol. The molecule has 3 rings (SSSR count). The topological polar surface area (TPSA) is 80.9 Å². The highest BCUT2D eigenvalue weighted by atomic mass is 32.1. The zero-order valence-corrected chi connectivity index (χ0v) is 12.0. The van der Waals surface area contributed by atoms with Crippen LogP contribution in [0.1, 0.15) is 26.6 Å². The first-order valence-electron chi connectivity index (χ1n) is 5.99. The summed E-state index contributed by atoms with van der Waals surface area (Å²) in [4.78, 5) is 25.0. The number of carbonyl (C=O) groups is 1. The molecular formula is C13H12N4O2S. The highest BCUT2D eigenvalue weighted by Gasteiger charge is 2.20. The van der Waals surface area contributed by atoms with Gasteiger partial charge in [-0.3, -0.25) is 4.57 Å². The maximum absolute atomic E-state index is 11.3. The SMILES string of the molecule is Cc1ncn(-c2ncnc3sc(C(=O)O)c(C)c23)c1C. The van der Waals surface area contributed by atoms with E-state index in [-0.39, 0.29) is 0 Å². The summed E-state index contributed by atoms with van der Waals surface area (Å²) in [5.74, 6) is -0.260. The van der Waals surface area contributed by atoms with E-state index >= 15 is 0 Å². The van der Waals surface area contributed by atoms with E-state index in [4.69, 9.17) is 0 Å². The normalized spacial score (nSPS) is 11.2. The Morgan fingerprint density at radius 3 is 2.60 bits per heavy atom. The van der Waals surface area contributed by atoms with Crippen LogP contribution in [0.3, 0.4) is 0 Å². The first-order chi connectivity index (χ1) is 9.50. The van der Waals surface area contributed by atoms with Gasteiger partial charge in [0.1, 0.15) is 22.4 Å². The van der Waals surface area contributed by atoms with Gasteiger partial charge in [-0.15, -0.1) is 11.3 Å². The zero-order valence-electron chi connectivity index (χ0n) is 11.2. The van der Waals surface area contributed by atoms with Crippen LogP contribution in [0, 0.1) is 20.8 Å². The maximum Gasteiger partial charge on any atom is 0.346 e. The average molecular weight is 288 g/mol. The Morgan fingerprint density at radius 1 is 1.25 bits per heavy atom. The molecule has 0 saturated heterocycles. The van der Waals surface area contributed by atoms with E-state index in [2.05, 4.69) is 15.0 Å². The molecule has 1 N–H and O–H groups in total. The fourth-order valence-corrected chi connectivity index (χ4v) is 3.13. The number of aromatic nitrogens is 4. The van der Waals surface area contributed by atoms with Gasteiger partial charge >= 0.3 is 5.97 Å². The zero-order chi connectivity index (χ0) is 14.4. The van der Waals surface area contributed by atoms with Crippen molar-refractivity contribution in [3.8, 4) is 5.82 Å². The van der Waals surface area contributed by atoms with Crippen LogP contribution in [-0.4, -0.2) is 30.6 Å². The Labute approximate surface area is 118 Å². The molecule has 0 spiro atoms. The lowest BCUT2D eigenvalue weighted by molar-refractivity contribution is 0.0701. The largest absolute Gasteiger partial charge is 0.477 e. The summed E-state index contributed by atoms with van der Waals surface area (Å²) in [7, 11) is 0. The van der Waals surface area contributed by atoms with Crippen LogP contribution in [-0.2, 0) is 0 Å². The lowest BCUT2D eigenvalue weighted by Gasteiger charge is -2.06. The quantitative estimate of drug-likeness (QED) is 0.783. The highest BCUT2D eigenvalue weighted by Crippen LogP contribution is 2.32. The Hall–Kier alpha value is -2.28. The van der Waals surface area contributed by atoms with Crippen LogP contribution in [0.2, 0.25) is 0 Å². The molecule has 20 heavy (non-hydrogen) atoms. The minimum Gasteiger partial charge on any atom is -0.477 e. The number of imidazole rings is 1. The van der Waals surface area contributed by atoms with E-state index in [0.29, 0.717) is 21.1 Å². The molecule has 0 aliphatic heterocycles. The minimum atomic E-state index is -0.935. The number of aromatic carboxylic acids is 1. The van der Waals surface area contributed by atoms with Gasteiger partial charge in [0.05, 0.1) is 11.1 Å². The van der Waals surface area contributed by atoms with Gasteiger partial charge in [-0.05, 0) is 26.3 Å². The van der Waals surface area contributed by atoms with Crippen LogP contribution in [0.4, 0.5) is 0 Å². The van der Waals surface area contributed by atoms with Crippen molar-refractivity contribution < 1.29 is 9.90 Å². The lowest BCUT2D eigenvalue weighted by atomic mass is 10.2. The molecule has 0 aromatic carbocycles. The second-order valence-corrected chi connectivity index (χ2v) is 5.52. The standard InChI is InChI=1S/C13H12N4O2S/c1-6-9-11(17-5-16-7(2)8(17)3)14-4-15-12(9)20-10(6)13(18)19/h4-5H,1-3H3,(H,18,19). The van der Waals surface area contributed by atoms with Crippen molar-refractivity contribution in [3.05, 3.63) is 34.5 Å². The van der Waals surface area contributed by atoms with Gasteiger partial charge in [0.25, 0.3) is 0 Å². The summed E-state index contributed by atoms with van der Waals surface area (Å²) in [6.45, 7) is 5.66. The summed E-state index contributed by atoms with van der Waals surface area (Å²) in [5, 5.41) is 10.0. The summed E-state index contributed by atoms with van der Waals surface area (Å²) in [5.41, 5.74) is 2.59. The average Bonchev–Trinajstić information content (AvgIpc) is 2.92. The molecule has 0 aliphatic rings. The van der Waals surface area contributed by atoms with Crippen LogP contribution in [0.5, 0.6) is 0 Å². The third kappa shape index (κ3) is 1.70. The molecule has 3 aromatic rings. The Bertz CT molecular complexity index is 834. The van der Waals surface area contributed by atoms with Gasteiger partial charge in [-0.1, -0.05) is 0 Å². The molecule has 0 radical (unpaired) electrons. The van der Waals surface area contributed by atoms with Crippen molar-refractivity contribution in [2.24, 2.45) is 0 Å². The molecule has 6 nitrogen and oxygen atoms in total. The van der Waals surface area contributed by atoms with Crippen LogP contribution in [0.15, 0.2) is 12.7 Å². The fraction of sp³-hybridized carbons (Fsp3) is 0.231. The first-order valence-corrected chi connectivity index (χ1v) is 6.80. The summed E-state index contributed by atoms with van der Waals surface area (Å²) in [6.07, 6.45) is 3.15. The van der Waals surface area contributed by atoms with Crippen molar-refractivity contribution in [2.45, 2.75) is 20.8 Å². The monoisotopic (exact) mass is 288 g/mol. The number of hydrogen-bond acceptors (Lipinski definition) is 5. The lowest BCUT2D eigenvalue weighted by Crippen LogP contribution is -2.01. The third-order valence-corrected chi connectivity index (χ3v) is 4.57. The molecule has 3 aromatic heterocycles. The number of fused-ring (bicyclic) bond motifs is 1. The first kappa shape index (κ1) is 12.7. The van der Waals surface area contributed by atoms with E-state index < -0.39 is 5.97 Å². The van der Waals surface area contributed by atoms with Gasteiger partial charge in [0.15, 0.2) is 5.82 Å². The minimum absolute atomic E-state index is 0.302. The molecule has 0 fully saturated rings. The number of nitrogens with zero attached hydrogens (tertiary/aromatic N) is 4. The number of aryl methyl sites for hydroxylation is 2. The fourth-order valence-electron chi connectivity index (χ4n) is 2.15. The second kappa shape index (κ2) is 4.38. The van der Waals surface area contributed by atoms with E-state index in [1.165, 1.54) is 17.7 Å². The summed E-state index contributed by atoms with van der Waals surface area (Å²) in [6, 6.07) is 0. The Balaban J connectivity index is 2.37. The molecule has 102 valence electrons. The Morgan fingerprint density at radius 2 is 2.00 bits per heavy atom.